The Labute approximate surface area is 192 Å². The summed E-state index contributed by atoms with van der Waals surface area (Å²) in [4.78, 5) is 25.7. The average Bonchev–Trinajstić information content (AvgIpc) is 3.37. The molecule has 1 fully saturated rings. The Morgan fingerprint density at radius 2 is 1.85 bits per heavy atom. The van der Waals surface area contributed by atoms with E-state index in [-0.39, 0.29) is 6.03 Å². The number of urea groups is 1. The van der Waals surface area contributed by atoms with Gasteiger partial charge in [0.05, 0.1) is 0 Å². The normalized spacial score (nSPS) is 14.0. The topological polar surface area (TPSA) is 87.4 Å². The zero-order valence-corrected chi connectivity index (χ0v) is 18.6. The molecule has 5 rings (SSSR count). The number of rotatable bonds is 5. The Hall–Kier alpha value is -3.94. The summed E-state index contributed by atoms with van der Waals surface area (Å²) >= 11 is 0. The molecule has 0 saturated carbocycles. The first-order valence-electron chi connectivity index (χ1n) is 11.2. The quantitative estimate of drug-likeness (QED) is 0.505. The molecule has 2 aromatic heterocycles. The third-order valence-corrected chi connectivity index (χ3v) is 5.98. The number of anilines is 1. The molecular weight excluding hydrogens is 416 g/mol. The van der Waals surface area contributed by atoms with Crippen molar-refractivity contribution in [3.05, 3.63) is 72.2 Å². The maximum absolute atomic E-state index is 12.7. The second kappa shape index (κ2) is 9.28. The molecule has 0 spiro atoms. The third-order valence-electron chi connectivity index (χ3n) is 5.98. The van der Waals surface area contributed by atoms with Crippen LogP contribution >= 0.6 is 0 Å². The first-order chi connectivity index (χ1) is 16.2. The van der Waals surface area contributed by atoms with Crippen LogP contribution in [0.5, 0.6) is 0 Å². The van der Waals surface area contributed by atoms with Gasteiger partial charge in [0.25, 0.3) is 0 Å². The van der Waals surface area contributed by atoms with Gasteiger partial charge >= 0.3 is 6.03 Å². The SMILES string of the molecule is CCc1nc(-c2ccc(N3CCN(C(=O)NCc4cccc5ccccc45)CC3)nc2)no1. The Bertz CT molecular complexity index is 1240. The lowest BCUT2D eigenvalue weighted by Gasteiger charge is -2.35. The fraction of sp³-hybridized carbons (Fsp3) is 0.280. The van der Waals surface area contributed by atoms with Crippen LogP contribution in [0.3, 0.4) is 0 Å². The van der Waals surface area contributed by atoms with Crippen molar-refractivity contribution in [3.63, 3.8) is 0 Å². The van der Waals surface area contributed by atoms with Gasteiger partial charge in [-0.1, -0.05) is 54.5 Å². The van der Waals surface area contributed by atoms with Gasteiger partial charge in [-0.2, -0.15) is 4.98 Å². The van der Waals surface area contributed by atoms with E-state index in [2.05, 4.69) is 49.6 Å². The Balaban J connectivity index is 1.15. The molecule has 3 heterocycles. The van der Waals surface area contributed by atoms with Gasteiger partial charge < -0.3 is 19.6 Å². The predicted octanol–water partition coefficient (Wildman–Crippen LogP) is 3.88. The van der Waals surface area contributed by atoms with E-state index in [9.17, 15) is 4.79 Å². The number of nitrogens with zero attached hydrogens (tertiary/aromatic N) is 5. The van der Waals surface area contributed by atoms with Crippen LogP contribution in [-0.2, 0) is 13.0 Å². The number of hydrogen-bond donors (Lipinski definition) is 1. The summed E-state index contributed by atoms with van der Waals surface area (Å²) in [6.45, 7) is 5.25. The third kappa shape index (κ3) is 4.50. The zero-order valence-electron chi connectivity index (χ0n) is 18.6. The van der Waals surface area contributed by atoms with Crippen molar-refractivity contribution in [2.45, 2.75) is 19.9 Å². The van der Waals surface area contributed by atoms with Crippen LogP contribution in [0.15, 0.2) is 65.3 Å². The highest BCUT2D eigenvalue weighted by Crippen LogP contribution is 2.20. The largest absolute Gasteiger partial charge is 0.353 e. The van der Waals surface area contributed by atoms with E-state index in [1.165, 1.54) is 10.8 Å². The molecule has 1 saturated heterocycles. The Kier molecular flexibility index (Phi) is 5.89. The number of carbonyl (C=O) groups is 1. The number of fused-ring (bicyclic) bond motifs is 1. The number of piperazine rings is 1. The summed E-state index contributed by atoms with van der Waals surface area (Å²) in [5, 5.41) is 9.43. The number of nitrogens with one attached hydrogen (secondary N) is 1. The van der Waals surface area contributed by atoms with Crippen molar-refractivity contribution in [2.75, 3.05) is 31.1 Å². The van der Waals surface area contributed by atoms with E-state index in [1.54, 1.807) is 6.20 Å². The van der Waals surface area contributed by atoms with Crippen LogP contribution in [-0.4, -0.2) is 52.2 Å². The van der Waals surface area contributed by atoms with Crippen molar-refractivity contribution in [1.82, 2.24) is 25.3 Å². The summed E-state index contributed by atoms with van der Waals surface area (Å²) in [6, 6.07) is 18.3. The zero-order chi connectivity index (χ0) is 22.6. The van der Waals surface area contributed by atoms with Gasteiger partial charge in [-0.05, 0) is 28.5 Å². The maximum atomic E-state index is 12.7. The molecule has 1 aliphatic rings. The number of pyridine rings is 1. The van der Waals surface area contributed by atoms with Gasteiger partial charge in [-0.15, -0.1) is 0 Å². The Morgan fingerprint density at radius 1 is 1.03 bits per heavy atom. The first kappa shape index (κ1) is 20.9. The fourth-order valence-electron chi connectivity index (χ4n) is 4.09. The molecule has 0 unspecified atom stereocenters. The molecule has 2 amide bonds. The molecular formula is C25H26N6O2. The highest BCUT2D eigenvalue weighted by atomic mass is 16.5. The van der Waals surface area contributed by atoms with Gasteiger partial charge in [-0.25, -0.2) is 9.78 Å². The maximum Gasteiger partial charge on any atom is 0.317 e. The summed E-state index contributed by atoms with van der Waals surface area (Å²) in [6.07, 6.45) is 2.47. The number of benzene rings is 2. The highest BCUT2D eigenvalue weighted by molar-refractivity contribution is 5.86. The minimum atomic E-state index is -0.0327. The minimum Gasteiger partial charge on any atom is -0.353 e. The summed E-state index contributed by atoms with van der Waals surface area (Å²) in [5.74, 6) is 2.05. The molecule has 1 N–H and O–H groups in total. The van der Waals surface area contributed by atoms with Crippen LogP contribution in [0.25, 0.3) is 22.2 Å². The minimum absolute atomic E-state index is 0.0327. The van der Waals surface area contributed by atoms with Crippen molar-refractivity contribution >= 4 is 22.6 Å². The molecule has 1 aliphatic heterocycles. The number of carbonyl (C=O) groups excluding carboxylic acids is 1. The van der Waals surface area contributed by atoms with E-state index >= 15 is 0 Å². The van der Waals surface area contributed by atoms with E-state index in [1.807, 2.05) is 42.2 Å². The monoisotopic (exact) mass is 442 g/mol. The molecule has 8 nitrogen and oxygen atoms in total. The van der Waals surface area contributed by atoms with Crippen molar-refractivity contribution in [3.8, 4) is 11.4 Å². The Morgan fingerprint density at radius 3 is 2.61 bits per heavy atom. The molecule has 168 valence electrons. The molecule has 0 bridgehead atoms. The number of aryl methyl sites for hydroxylation is 1. The van der Waals surface area contributed by atoms with Gasteiger partial charge in [0.15, 0.2) is 0 Å². The lowest BCUT2D eigenvalue weighted by Crippen LogP contribution is -2.51. The number of amides is 2. The van der Waals surface area contributed by atoms with Gasteiger partial charge in [-0.3, -0.25) is 0 Å². The molecule has 0 aliphatic carbocycles. The standard InChI is InChI=1S/C25H26N6O2/c1-2-23-28-24(29-33-23)20-10-11-22(26-17-20)30-12-14-31(15-13-30)25(32)27-16-19-8-5-7-18-6-3-4-9-21(18)19/h3-11,17H,2,12-16H2,1H3,(H,27,32). The van der Waals surface area contributed by atoms with Gasteiger partial charge in [0.2, 0.25) is 11.7 Å². The van der Waals surface area contributed by atoms with E-state index < -0.39 is 0 Å². The molecule has 33 heavy (non-hydrogen) atoms. The average molecular weight is 443 g/mol. The molecule has 0 atom stereocenters. The molecule has 0 radical (unpaired) electrons. The lowest BCUT2D eigenvalue weighted by atomic mass is 10.0. The molecule has 2 aromatic carbocycles. The van der Waals surface area contributed by atoms with Crippen LogP contribution in [0.4, 0.5) is 10.6 Å². The van der Waals surface area contributed by atoms with Crippen molar-refractivity contribution in [1.29, 1.82) is 0 Å². The summed E-state index contributed by atoms with van der Waals surface area (Å²) in [7, 11) is 0. The molecule has 4 aromatic rings. The smallest absolute Gasteiger partial charge is 0.317 e. The fourth-order valence-corrected chi connectivity index (χ4v) is 4.09. The van der Waals surface area contributed by atoms with E-state index in [0.29, 0.717) is 37.8 Å². The lowest BCUT2D eigenvalue weighted by molar-refractivity contribution is 0.194. The van der Waals surface area contributed by atoms with Crippen LogP contribution < -0.4 is 10.2 Å². The number of hydrogen-bond acceptors (Lipinski definition) is 6. The summed E-state index contributed by atoms with van der Waals surface area (Å²) < 4.78 is 5.18. The second-order valence-corrected chi connectivity index (χ2v) is 8.04. The van der Waals surface area contributed by atoms with Crippen LogP contribution in [0.2, 0.25) is 0 Å². The molecule has 8 heteroatoms. The van der Waals surface area contributed by atoms with Gasteiger partial charge in [0, 0.05) is 50.9 Å². The summed E-state index contributed by atoms with van der Waals surface area (Å²) in [5.41, 5.74) is 1.95. The van der Waals surface area contributed by atoms with Gasteiger partial charge in [0.1, 0.15) is 5.82 Å². The second-order valence-electron chi connectivity index (χ2n) is 8.04. The predicted molar refractivity (Wildman–Crippen MR) is 127 cm³/mol. The van der Waals surface area contributed by atoms with Crippen molar-refractivity contribution in [2.24, 2.45) is 0 Å². The van der Waals surface area contributed by atoms with Crippen LogP contribution in [0.1, 0.15) is 18.4 Å². The van der Waals surface area contributed by atoms with Crippen molar-refractivity contribution < 1.29 is 9.32 Å². The highest BCUT2D eigenvalue weighted by Gasteiger charge is 2.22. The number of aromatic nitrogens is 3. The van der Waals surface area contributed by atoms with E-state index in [4.69, 9.17) is 4.52 Å². The van der Waals surface area contributed by atoms with Crippen LogP contribution in [0, 0.1) is 0 Å². The first-order valence-corrected chi connectivity index (χ1v) is 11.2. The van der Waals surface area contributed by atoms with E-state index in [0.717, 1.165) is 30.0 Å².